The maximum absolute atomic E-state index is 13.0. The third-order valence-electron chi connectivity index (χ3n) is 2.50. The molecule has 0 atom stereocenters. The second-order valence-corrected chi connectivity index (χ2v) is 3.83. The number of aromatic nitrogens is 2. The van der Waals surface area contributed by atoms with E-state index in [0.29, 0.717) is 6.07 Å². The third-order valence-corrected chi connectivity index (χ3v) is 2.50. The molecule has 2 rings (SSSR count). The number of alkyl halides is 6. The van der Waals surface area contributed by atoms with Gasteiger partial charge >= 0.3 is 12.4 Å². The van der Waals surface area contributed by atoms with Crippen LogP contribution in [0.3, 0.4) is 0 Å². The molecule has 0 radical (unpaired) electrons. The van der Waals surface area contributed by atoms with E-state index in [1.54, 1.807) is 0 Å². The van der Waals surface area contributed by atoms with E-state index in [1.165, 1.54) is 12.3 Å². The largest absolute Gasteiger partial charge is 0.417 e. The maximum atomic E-state index is 13.0. The zero-order chi connectivity index (χ0) is 15.0. The molecule has 0 N–H and O–H groups in total. The molecule has 0 aliphatic rings. The Bertz CT molecular complexity index is 604. The summed E-state index contributed by atoms with van der Waals surface area (Å²) in [7, 11) is 0. The van der Waals surface area contributed by atoms with Crippen LogP contribution < -0.4 is 0 Å². The van der Waals surface area contributed by atoms with Gasteiger partial charge in [0.05, 0.1) is 16.8 Å². The molecule has 1 aromatic carbocycles. The first kappa shape index (κ1) is 14.3. The quantitative estimate of drug-likeness (QED) is 0.737. The highest BCUT2D eigenvalue weighted by molar-refractivity contribution is 5.66. The molecule has 0 saturated carbocycles. The number of benzene rings is 1. The molecule has 2 aromatic rings. The van der Waals surface area contributed by atoms with Gasteiger partial charge in [-0.15, -0.1) is 0 Å². The summed E-state index contributed by atoms with van der Waals surface area (Å²) < 4.78 is 77.1. The summed E-state index contributed by atoms with van der Waals surface area (Å²) in [4.78, 5) is 0. The first-order chi connectivity index (χ1) is 9.21. The number of rotatable bonds is 1. The summed E-state index contributed by atoms with van der Waals surface area (Å²) >= 11 is 0. The van der Waals surface area contributed by atoms with Gasteiger partial charge in [-0.2, -0.15) is 36.5 Å². The Balaban J connectivity index is 2.77. The maximum Gasteiger partial charge on any atom is 0.417 e. The van der Waals surface area contributed by atoms with Gasteiger partial charge in [0, 0.05) is 11.8 Å². The third kappa shape index (κ3) is 2.73. The van der Waals surface area contributed by atoms with E-state index in [-0.39, 0.29) is 5.69 Å². The molecule has 1 aromatic heterocycles. The van der Waals surface area contributed by atoms with E-state index < -0.39 is 29.0 Å². The average Bonchev–Trinajstić information content (AvgIpc) is 2.37. The molecule has 0 fully saturated rings. The Morgan fingerprint density at radius 1 is 0.800 bits per heavy atom. The fraction of sp³-hybridized carbons (Fsp3) is 0.167. The number of hydrogen-bond donors (Lipinski definition) is 0. The lowest BCUT2D eigenvalue weighted by Gasteiger charge is -2.18. The predicted molar refractivity (Wildman–Crippen MR) is 57.5 cm³/mol. The second kappa shape index (κ2) is 4.77. The normalized spacial score (nSPS) is 12.5. The van der Waals surface area contributed by atoms with Crippen LogP contribution in [0.2, 0.25) is 0 Å². The van der Waals surface area contributed by atoms with Crippen molar-refractivity contribution in [2.45, 2.75) is 12.4 Å². The van der Waals surface area contributed by atoms with Crippen LogP contribution in [-0.4, -0.2) is 10.2 Å². The fourth-order valence-corrected chi connectivity index (χ4v) is 1.75. The SMILES string of the molecule is FC(F)(F)c1cccc(-c2cccnn2)c1C(F)(F)F. The minimum absolute atomic E-state index is 0.272. The summed E-state index contributed by atoms with van der Waals surface area (Å²) in [6, 6.07) is 4.69. The number of halogens is 6. The van der Waals surface area contributed by atoms with Crippen molar-refractivity contribution in [1.82, 2.24) is 10.2 Å². The van der Waals surface area contributed by atoms with Crippen molar-refractivity contribution in [3.05, 3.63) is 47.7 Å². The van der Waals surface area contributed by atoms with Crippen molar-refractivity contribution < 1.29 is 26.3 Å². The molecule has 0 aliphatic carbocycles. The van der Waals surface area contributed by atoms with E-state index >= 15 is 0 Å². The van der Waals surface area contributed by atoms with Gasteiger partial charge < -0.3 is 0 Å². The molecule has 0 saturated heterocycles. The van der Waals surface area contributed by atoms with Gasteiger partial charge in [-0.1, -0.05) is 12.1 Å². The Kier molecular flexibility index (Phi) is 3.41. The predicted octanol–water partition coefficient (Wildman–Crippen LogP) is 4.18. The standard InChI is InChI=1S/C12H6F6N2/c13-11(14,15)8-4-1-3-7(10(8)12(16,17)18)9-5-2-6-19-20-9/h1-6H. The van der Waals surface area contributed by atoms with Crippen LogP contribution in [0.25, 0.3) is 11.3 Å². The second-order valence-electron chi connectivity index (χ2n) is 3.83. The van der Waals surface area contributed by atoms with Crippen molar-refractivity contribution in [3.8, 4) is 11.3 Å². The Labute approximate surface area is 109 Å². The summed E-state index contributed by atoms with van der Waals surface area (Å²) in [5, 5.41) is 6.81. The summed E-state index contributed by atoms with van der Waals surface area (Å²) in [5.41, 5.74) is -4.42. The Hall–Kier alpha value is -2.12. The van der Waals surface area contributed by atoms with Crippen LogP contribution in [0.15, 0.2) is 36.5 Å². The molecular formula is C12H6F6N2. The molecule has 8 heteroatoms. The number of hydrogen-bond acceptors (Lipinski definition) is 2. The molecule has 0 aliphatic heterocycles. The average molecular weight is 292 g/mol. The van der Waals surface area contributed by atoms with Gasteiger partial charge in [0.2, 0.25) is 0 Å². The molecule has 106 valence electrons. The van der Waals surface area contributed by atoms with Gasteiger partial charge in [-0.3, -0.25) is 0 Å². The van der Waals surface area contributed by atoms with Crippen LogP contribution in [0.4, 0.5) is 26.3 Å². The first-order valence-corrected chi connectivity index (χ1v) is 5.27. The van der Waals surface area contributed by atoms with Gasteiger partial charge in [0.1, 0.15) is 0 Å². The molecule has 0 amide bonds. The highest BCUT2D eigenvalue weighted by Gasteiger charge is 2.45. The highest BCUT2D eigenvalue weighted by Crippen LogP contribution is 2.44. The molecule has 2 nitrogen and oxygen atoms in total. The lowest BCUT2D eigenvalue weighted by Crippen LogP contribution is -2.18. The van der Waals surface area contributed by atoms with E-state index in [2.05, 4.69) is 10.2 Å². The molecule has 20 heavy (non-hydrogen) atoms. The van der Waals surface area contributed by atoms with Crippen LogP contribution >= 0.6 is 0 Å². The number of nitrogens with zero attached hydrogens (tertiary/aromatic N) is 2. The fourth-order valence-electron chi connectivity index (χ4n) is 1.75. The summed E-state index contributed by atoms with van der Waals surface area (Å²) in [6.45, 7) is 0. The van der Waals surface area contributed by atoms with Crippen LogP contribution in [0, 0.1) is 0 Å². The lowest BCUT2D eigenvalue weighted by atomic mass is 9.97. The minimum atomic E-state index is -5.15. The summed E-state index contributed by atoms with van der Waals surface area (Å²) in [6.07, 6.45) is -9.05. The van der Waals surface area contributed by atoms with Crippen molar-refractivity contribution in [2.75, 3.05) is 0 Å². The van der Waals surface area contributed by atoms with E-state index in [1.807, 2.05) is 0 Å². The molecular weight excluding hydrogens is 286 g/mol. The molecule has 0 unspecified atom stereocenters. The van der Waals surface area contributed by atoms with Crippen molar-refractivity contribution in [3.63, 3.8) is 0 Å². The first-order valence-electron chi connectivity index (χ1n) is 5.27. The zero-order valence-electron chi connectivity index (χ0n) is 9.63. The monoisotopic (exact) mass is 292 g/mol. The smallest absolute Gasteiger partial charge is 0.166 e. The van der Waals surface area contributed by atoms with Crippen molar-refractivity contribution in [1.29, 1.82) is 0 Å². The van der Waals surface area contributed by atoms with Gasteiger partial charge in [0.25, 0.3) is 0 Å². The molecule has 0 bridgehead atoms. The van der Waals surface area contributed by atoms with Gasteiger partial charge in [0.15, 0.2) is 0 Å². The van der Waals surface area contributed by atoms with Gasteiger partial charge in [-0.25, -0.2) is 0 Å². The summed E-state index contributed by atoms with van der Waals surface area (Å²) in [5.74, 6) is 0. The molecule has 1 heterocycles. The van der Waals surface area contributed by atoms with Gasteiger partial charge in [-0.05, 0) is 18.2 Å². The topological polar surface area (TPSA) is 25.8 Å². The molecule has 0 spiro atoms. The Morgan fingerprint density at radius 3 is 2.00 bits per heavy atom. The van der Waals surface area contributed by atoms with Crippen LogP contribution in [0.5, 0.6) is 0 Å². The van der Waals surface area contributed by atoms with E-state index in [0.717, 1.165) is 18.2 Å². The van der Waals surface area contributed by atoms with Crippen LogP contribution in [-0.2, 0) is 12.4 Å². The minimum Gasteiger partial charge on any atom is -0.166 e. The highest BCUT2D eigenvalue weighted by atomic mass is 19.4. The van der Waals surface area contributed by atoms with E-state index in [4.69, 9.17) is 0 Å². The van der Waals surface area contributed by atoms with Crippen LogP contribution in [0.1, 0.15) is 11.1 Å². The van der Waals surface area contributed by atoms with E-state index in [9.17, 15) is 26.3 Å². The zero-order valence-corrected chi connectivity index (χ0v) is 9.63. The van der Waals surface area contributed by atoms with Crippen molar-refractivity contribution in [2.24, 2.45) is 0 Å². The van der Waals surface area contributed by atoms with Crippen molar-refractivity contribution >= 4 is 0 Å². The Morgan fingerprint density at radius 2 is 1.50 bits per heavy atom. The lowest BCUT2D eigenvalue weighted by molar-refractivity contribution is -0.161.